The molecule has 192 valence electrons. The number of nitrogens with two attached hydrogens (primary N) is 1. The van der Waals surface area contributed by atoms with Gasteiger partial charge in [0.05, 0.1) is 12.6 Å². The minimum atomic E-state index is -1.38. The largest absolute Gasteiger partial charge is 0.550 e. The topological polar surface area (TPSA) is 227 Å². The molecule has 0 radical (unpaired) electrons. The summed E-state index contributed by atoms with van der Waals surface area (Å²) in [6.07, 6.45) is -1.63. The molecule has 1 fully saturated rings. The lowest BCUT2D eigenvalue weighted by molar-refractivity contribution is -0.355. The highest BCUT2D eigenvalue weighted by Crippen LogP contribution is 2.21. The second-order valence-corrected chi connectivity index (χ2v) is 8.87. The van der Waals surface area contributed by atoms with Crippen molar-refractivity contribution in [3.8, 4) is 0 Å². The third kappa shape index (κ3) is 9.43. The van der Waals surface area contributed by atoms with Gasteiger partial charge in [0.2, 0.25) is 17.7 Å². The number of hydrogen-bond donors (Lipinski definition) is 5. The summed E-state index contributed by atoms with van der Waals surface area (Å²) in [6, 6.07) is -1.94. The predicted molar refractivity (Wildman–Crippen MR) is 115 cm³/mol. The first kappa shape index (κ1) is 29.0. The highest BCUT2D eigenvalue weighted by Gasteiger charge is 2.41. The zero-order chi connectivity index (χ0) is 26.0. The van der Waals surface area contributed by atoms with Gasteiger partial charge in [-0.05, 0) is 25.2 Å². The number of carbonyl (C=O) groups is 6. The van der Waals surface area contributed by atoms with E-state index in [4.69, 9.17) is 5.73 Å². The molecule has 0 bridgehead atoms. The number of ketones is 1. The molecule has 4 amide bonds. The van der Waals surface area contributed by atoms with Crippen LogP contribution in [0.15, 0.2) is 0 Å². The van der Waals surface area contributed by atoms with E-state index < -0.39 is 72.5 Å². The Morgan fingerprint density at radius 2 is 1.85 bits per heavy atom. The number of amides is 4. The average Bonchev–Trinajstić information content (AvgIpc) is 3.14. The molecule has 0 unspecified atom stereocenters. The van der Waals surface area contributed by atoms with Crippen molar-refractivity contribution in [1.82, 2.24) is 15.5 Å². The van der Waals surface area contributed by atoms with Gasteiger partial charge in [0, 0.05) is 31.3 Å². The van der Waals surface area contributed by atoms with Crippen molar-refractivity contribution in [3.63, 3.8) is 0 Å². The van der Waals surface area contributed by atoms with Gasteiger partial charge in [0.15, 0.2) is 12.3 Å². The maximum absolute atomic E-state index is 13.1. The third-order valence-corrected chi connectivity index (χ3v) is 5.47. The van der Waals surface area contributed by atoms with E-state index in [0.717, 1.165) is 0 Å². The number of nitrogens with zero attached hydrogens (tertiary/aromatic N) is 1. The maximum Gasteiger partial charge on any atom is 0.275 e. The number of aliphatic hydroxyl groups is 1. The van der Waals surface area contributed by atoms with Crippen LogP contribution < -0.4 is 27.2 Å². The maximum atomic E-state index is 13.1. The average molecular weight is 486 g/mol. The van der Waals surface area contributed by atoms with Gasteiger partial charge in [-0.1, -0.05) is 13.8 Å². The van der Waals surface area contributed by atoms with Crippen molar-refractivity contribution in [2.24, 2.45) is 17.6 Å². The normalized spacial score (nSPS) is 19.4. The smallest absolute Gasteiger partial charge is 0.275 e. The zero-order valence-electron chi connectivity index (χ0n) is 19.6. The number of Topliss-reactive ketones (excluding diaryl/α,β-unsaturated/α-hetero) is 1. The van der Waals surface area contributed by atoms with Crippen molar-refractivity contribution in [3.05, 3.63) is 0 Å². The van der Waals surface area contributed by atoms with Gasteiger partial charge in [-0.3, -0.25) is 24.0 Å². The van der Waals surface area contributed by atoms with Crippen molar-refractivity contribution < 1.29 is 44.7 Å². The van der Waals surface area contributed by atoms with Gasteiger partial charge in [0.1, 0.15) is 12.1 Å². The number of rotatable bonds is 14. The SMILES string of the molecule is CC(C)C[C@H](NC(=O)C[NH3+])C(=O)N1C[C@@H](O)C[C@H]1C(=O)NCC(=O)C[C@@H](CCC(=O)[O-])C(N)=O. The highest BCUT2D eigenvalue weighted by molar-refractivity contribution is 5.95. The van der Waals surface area contributed by atoms with Crippen LogP contribution in [0.1, 0.15) is 46.0 Å². The monoisotopic (exact) mass is 485 g/mol. The summed E-state index contributed by atoms with van der Waals surface area (Å²) in [4.78, 5) is 73.1. The predicted octanol–water partition coefficient (Wildman–Crippen LogP) is -4.57. The Balaban J connectivity index is 2.80. The molecule has 0 aliphatic carbocycles. The molecule has 1 saturated heterocycles. The molecule has 13 nitrogen and oxygen atoms in total. The Labute approximate surface area is 197 Å². The Morgan fingerprint density at radius 1 is 1.21 bits per heavy atom. The van der Waals surface area contributed by atoms with Crippen LogP contribution >= 0.6 is 0 Å². The minimum absolute atomic E-state index is 0.0427. The number of likely N-dealkylation sites (tertiary alicyclic amines) is 1. The number of β-amino-alcohol motifs (C(OH)–C–C–N with tert-alkyl or cyclic N) is 1. The molecule has 13 heteroatoms. The van der Waals surface area contributed by atoms with Gasteiger partial charge in [-0.2, -0.15) is 0 Å². The molecule has 1 aliphatic rings. The molecule has 0 spiro atoms. The summed E-state index contributed by atoms with van der Waals surface area (Å²) >= 11 is 0. The number of aliphatic carboxylic acids is 1. The van der Waals surface area contributed by atoms with Crippen LogP contribution in [0.3, 0.4) is 0 Å². The molecule has 34 heavy (non-hydrogen) atoms. The summed E-state index contributed by atoms with van der Waals surface area (Å²) in [5.74, 6) is -5.32. The lowest BCUT2D eigenvalue weighted by Crippen LogP contribution is -2.61. The molecule has 0 aromatic carbocycles. The molecular weight excluding hydrogens is 450 g/mol. The quantitative estimate of drug-likeness (QED) is 0.160. The van der Waals surface area contributed by atoms with Crippen molar-refractivity contribution in [1.29, 1.82) is 0 Å². The van der Waals surface area contributed by atoms with Crippen LogP contribution in [-0.4, -0.2) is 83.2 Å². The fourth-order valence-corrected chi connectivity index (χ4v) is 3.75. The van der Waals surface area contributed by atoms with E-state index in [1.54, 1.807) is 0 Å². The number of hydrogen-bond acceptors (Lipinski definition) is 8. The van der Waals surface area contributed by atoms with Crippen molar-refractivity contribution in [2.45, 2.75) is 64.1 Å². The molecular formula is C21H35N5O8. The van der Waals surface area contributed by atoms with E-state index in [1.807, 2.05) is 13.8 Å². The minimum Gasteiger partial charge on any atom is -0.550 e. The molecule has 1 rings (SSSR count). The Morgan fingerprint density at radius 3 is 2.38 bits per heavy atom. The number of carbonyl (C=O) groups excluding carboxylic acids is 6. The van der Waals surface area contributed by atoms with Crippen molar-refractivity contribution >= 4 is 35.4 Å². The Hall–Kier alpha value is -3.06. The van der Waals surface area contributed by atoms with Crippen LogP contribution in [0.2, 0.25) is 0 Å². The number of aliphatic hydroxyl groups excluding tert-OH is 1. The number of primary amides is 1. The molecule has 1 heterocycles. The molecule has 4 atom stereocenters. The zero-order valence-corrected chi connectivity index (χ0v) is 19.6. The van der Waals surface area contributed by atoms with Crippen molar-refractivity contribution in [2.75, 3.05) is 19.6 Å². The highest BCUT2D eigenvalue weighted by atomic mass is 16.4. The van der Waals surface area contributed by atoms with Crippen LogP contribution in [0.5, 0.6) is 0 Å². The summed E-state index contributed by atoms with van der Waals surface area (Å²) in [7, 11) is 0. The number of nitrogens with one attached hydrogen (secondary N) is 2. The second kappa shape index (κ2) is 13.6. The van der Waals surface area contributed by atoms with E-state index in [9.17, 15) is 39.0 Å². The Kier molecular flexibility index (Phi) is 11.6. The summed E-state index contributed by atoms with van der Waals surface area (Å²) < 4.78 is 0. The molecule has 0 aromatic heterocycles. The molecule has 0 saturated carbocycles. The fraction of sp³-hybridized carbons (Fsp3) is 0.714. The summed E-state index contributed by atoms with van der Waals surface area (Å²) in [5.41, 5.74) is 8.69. The van der Waals surface area contributed by atoms with Gasteiger partial charge in [0.25, 0.3) is 5.91 Å². The first-order valence-electron chi connectivity index (χ1n) is 11.2. The van der Waals surface area contributed by atoms with Gasteiger partial charge in [-0.25, -0.2) is 0 Å². The van der Waals surface area contributed by atoms with E-state index >= 15 is 0 Å². The first-order chi connectivity index (χ1) is 15.8. The van der Waals surface area contributed by atoms with Crippen LogP contribution in [0.4, 0.5) is 0 Å². The van der Waals surface area contributed by atoms with Crippen LogP contribution in [0.25, 0.3) is 0 Å². The number of carboxylic acid groups (broad SMARTS) is 1. The third-order valence-electron chi connectivity index (χ3n) is 5.47. The summed E-state index contributed by atoms with van der Waals surface area (Å²) in [5, 5.41) is 25.7. The molecule has 0 aromatic rings. The number of carboxylic acids is 1. The van der Waals surface area contributed by atoms with Gasteiger partial charge in [-0.15, -0.1) is 0 Å². The van der Waals surface area contributed by atoms with E-state index in [-0.39, 0.29) is 38.3 Å². The van der Waals surface area contributed by atoms with E-state index in [1.165, 1.54) is 4.90 Å². The lowest BCUT2D eigenvalue weighted by Gasteiger charge is -2.29. The molecule has 1 aliphatic heterocycles. The van der Waals surface area contributed by atoms with Crippen LogP contribution in [-0.2, 0) is 28.8 Å². The summed E-state index contributed by atoms with van der Waals surface area (Å²) in [6.45, 7) is 3.11. The van der Waals surface area contributed by atoms with E-state index in [2.05, 4.69) is 16.4 Å². The van der Waals surface area contributed by atoms with E-state index in [0.29, 0.717) is 6.42 Å². The van der Waals surface area contributed by atoms with Gasteiger partial charge < -0.3 is 42.0 Å². The Bertz CT molecular complexity index is 787. The first-order valence-corrected chi connectivity index (χ1v) is 11.2. The molecule has 8 N–H and O–H groups in total. The standard InChI is InChI=1S/C21H35N5O8/c1-11(2)5-15(25-17(29)8-22)21(34)26-10-14(28)7-16(26)20(33)24-9-13(27)6-12(19(23)32)3-4-18(30)31/h11-12,14-16,28H,3-10,22H2,1-2H3,(H2,23,32)(H,24,33)(H,25,29)(H,30,31)/t12-,14+,15+,16+/m1/s1. The van der Waals surface area contributed by atoms with Crippen LogP contribution in [0, 0.1) is 11.8 Å². The fourth-order valence-electron chi connectivity index (χ4n) is 3.75. The second-order valence-electron chi connectivity index (χ2n) is 8.87. The lowest BCUT2D eigenvalue weighted by atomic mass is 9.96. The number of quaternary nitrogens is 1. The van der Waals surface area contributed by atoms with Gasteiger partial charge >= 0.3 is 0 Å².